The summed E-state index contributed by atoms with van der Waals surface area (Å²) >= 11 is 0. The number of nitro groups is 1. The molecular formula is C32H27N3O5. The number of nitro benzene ring substituents is 1. The average Bonchev–Trinajstić information content (AvgIpc) is 3.60. The van der Waals surface area contributed by atoms with E-state index >= 15 is 0 Å². The van der Waals surface area contributed by atoms with Gasteiger partial charge in [0.15, 0.2) is 11.5 Å². The summed E-state index contributed by atoms with van der Waals surface area (Å²) in [5, 5.41) is 15.5. The molecule has 2 heterocycles. The minimum atomic E-state index is -0.382. The number of non-ortho nitro benzene ring substituents is 1. The fourth-order valence-electron chi connectivity index (χ4n) is 5.22. The van der Waals surface area contributed by atoms with Crippen LogP contribution in [0.15, 0.2) is 103 Å². The predicted molar refractivity (Wildman–Crippen MR) is 151 cm³/mol. The van der Waals surface area contributed by atoms with Crippen LogP contribution < -0.4 is 14.8 Å². The number of ether oxygens (including phenoxy) is 2. The van der Waals surface area contributed by atoms with E-state index in [-0.39, 0.29) is 35.6 Å². The summed E-state index contributed by atoms with van der Waals surface area (Å²) in [6, 6.07) is 30.4. The molecule has 5 aromatic rings. The molecule has 1 atom stereocenters. The van der Waals surface area contributed by atoms with E-state index in [1.165, 1.54) is 6.07 Å². The van der Waals surface area contributed by atoms with Crippen molar-refractivity contribution in [2.24, 2.45) is 0 Å². The highest BCUT2D eigenvalue weighted by atomic mass is 16.7. The van der Waals surface area contributed by atoms with Crippen molar-refractivity contribution in [3.8, 4) is 11.5 Å². The monoisotopic (exact) mass is 533 g/mol. The molecule has 1 aromatic heterocycles. The van der Waals surface area contributed by atoms with Crippen LogP contribution in [0, 0.1) is 10.1 Å². The number of fused-ring (bicyclic) bond motifs is 2. The number of amides is 1. The molecule has 1 aliphatic heterocycles. The fourth-order valence-corrected chi connectivity index (χ4v) is 5.22. The van der Waals surface area contributed by atoms with Gasteiger partial charge in [-0.05, 0) is 40.5 Å². The summed E-state index contributed by atoms with van der Waals surface area (Å²) in [4.78, 5) is 24.6. The Bertz CT molecular complexity index is 1680. The van der Waals surface area contributed by atoms with Crippen LogP contribution >= 0.6 is 0 Å². The predicted octanol–water partition coefficient (Wildman–Crippen LogP) is 6.16. The van der Waals surface area contributed by atoms with Crippen molar-refractivity contribution in [3.05, 3.63) is 136 Å². The number of benzene rings is 4. The third kappa shape index (κ3) is 5.24. The van der Waals surface area contributed by atoms with E-state index in [0.29, 0.717) is 24.6 Å². The van der Waals surface area contributed by atoms with Crippen molar-refractivity contribution in [3.63, 3.8) is 0 Å². The van der Waals surface area contributed by atoms with Crippen LogP contribution in [0.4, 0.5) is 5.69 Å². The zero-order valence-electron chi connectivity index (χ0n) is 21.7. The van der Waals surface area contributed by atoms with Gasteiger partial charge in [0, 0.05) is 54.7 Å². The number of carbonyl (C=O) groups excluding carboxylic acids is 1. The zero-order valence-corrected chi connectivity index (χ0v) is 21.7. The molecule has 0 saturated carbocycles. The molecule has 200 valence electrons. The maximum Gasteiger partial charge on any atom is 0.270 e. The van der Waals surface area contributed by atoms with Gasteiger partial charge in [-0.25, -0.2) is 0 Å². The van der Waals surface area contributed by atoms with E-state index < -0.39 is 0 Å². The van der Waals surface area contributed by atoms with E-state index in [1.807, 2.05) is 72.9 Å². The SMILES string of the molecule is O=C(CC(c1ccccc1)c1cn(Cc2ccccc2)c2ccc([N+](=O)[O-])cc12)NCc1ccc2c(c1)OCO2. The average molecular weight is 534 g/mol. The van der Waals surface area contributed by atoms with Gasteiger partial charge in [0.2, 0.25) is 12.7 Å². The normalized spacial score (nSPS) is 12.8. The fraction of sp³-hybridized carbons (Fsp3) is 0.156. The van der Waals surface area contributed by atoms with Crippen LogP contribution in [0.1, 0.15) is 34.6 Å². The molecule has 1 N–H and O–H groups in total. The first-order chi connectivity index (χ1) is 19.5. The van der Waals surface area contributed by atoms with Crippen molar-refractivity contribution < 1.29 is 19.2 Å². The standard InChI is InChI=1S/C32H27N3O5/c36-32(33-18-23-11-14-30-31(15-23)40-21-39-30)17-26(24-9-5-2-6-10-24)28-20-34(19-22-7-3-1-4-8-22)29-13-12-25(35(37)38)16-27(28)29/h1-16,20,26H,17-19,21H2,(H,33,36). The molecule has 8 heteroatoms. The number of nitrogens with one attached hydrogen (secondary N) is 1. The lowest BCUT2D eigenvalue weighted by Crippen LogP contribution is -2.25. The maximum atomic E-state index is 13.3. The third-order valence-corrected chi connectivity index (χ3v) is 7.20. The second-order valence-corrected chi connectivity index (χ2v) is 9.79. The molecule has 0 radical (unpaired) electrons. The van der Waals surface area contributed by atoms with Crippen LogP contribution in [0.5, 0.6) is 11.5 Å². The number of carbonyl (C=O) groups is 1. The van der Waals surface area contributed by atoms with E-state index in [0.717, 1.165) is 33.2 Å². The number of hydrogen-bond donors (Lipinski definition) is 1. The van der Waals surface area contributed by atoms with E-state index in [9.17, 15) is 14.9 Å². The summed E-state index contributed by atoms with van der Waals surface area (Å²) in [6.07, 6.45) is 2.21. The van der Waals surface area contributed by atoms with E-state index in [4.69, 9.17) is 9.47 Å². The first-order valence-electron chi connectivity index (χ1n) is 13.1. The van der Waals surface area contributed by atoms with Gasteiger partial charge in [-0.15, -0.1) is 0 Å². The molecule has 0 bridgehead atoms. The maximum absolute atomic E-state index is 13.3. The van der Waals surface area contributed by atoms with Gasteiger partial charge in [-0.1, -0.05) is 66.7 Å². The smallest absolute Gasteiger partial charge is 0.270 e. The Hall–Kier alpha value is -5.11. The summed E-state index contributed by atoms with van der Waals surface area (Å²) in [5.74, 6) is 0.933. The van der Waals surface area contributed by atoms with Gasteiger partial charge < -0.3 is 19.4 Å². The van der Waals surface area contributed by atoms with Crippen molar-refractivity contribution in [2.75, 3.05) is 6.79 Å². The molecule has 0 fully saturated rings. The third-order valence-electron chi connectivity index (χ3n) is 7.20. The molecule has 0 spiro atoms. The Kier molecular flexibility index (Phi) is 6.89. The largest absolute Gasteiger partial charge is 0.454 e. The second kappa shape index (κ2) is 10.9. The van der Waals surface area contributed by atoms with Crippen LogP contribution in [0.3, 0.4) is 0 Å². The summed E-state index contributed by atoms with van der Waals surface area (Å²) < 4.78 is 12.9. The van der Waals surface area contributed by atoms with Gasteiger partial charge in [-0.3, -0.25) is 14.9 Å². The van der Waals surface area contributed by atoms with Crippen molar-refractivity contribution in [2.45, 2.75) is 25.4 Å². The minimum Gasteiger partial charge on any atom is -0.454 e. The molecule has 1 aliphatic rings. The van der Waals surface area contributed by atoms with Crippen LogP contribution in [-0.4, -0.2) is 22.2 Å². The Morgan fingerprint density at radius 1 is 0.900 bits per heavy atom. The lowest BCUT2D eigenvalue weighted by molar-refractivity contribution is -0.384. The number of hydrogen-bond acceptors (Lipinski definition) is 5. The lowest BCUT2D eigenvalue weighted by Gasteiger charge is -2.17. The molecule has 4 aromatic carbocycles. The summed E-state index contributed by atoms with van der Waals surface area (Å²) in [5.41, 5.74) is 4.76. The first-order valence-corrected chi connectivity index (χ1v) is 13.1. The Balaban J connectivity index is 1.34. The van der Waals surface area contributed by atoms with E-state index in [1.54, 1.807) is 12.1 Å². The molecule has 1 amide bonds. The van der Waals surface area contributed by atoms with Gasteiger partial charge >= 0.3 is 0 Å². The number of aromatic nitrogens is 1. The molecular weight excluding hydrogens is 506 g/mol. The molecule has 40 heavy (non-hydrogen) atoms. The van der Waals surface area contributed by atoms with Crippen molar-refractivity contribution >= 4 is 22.5 Å². The first kappa shape index (κ1) is 25.2. The number of rotatable bonds is 9. The quantitative estimate of drug-likeness (QED) is 0.181. The van der Waals surface area contributed by atoms with Crippen molar-refractivity contribution in [1.29, 1.82) is 0 Å². The van der Waals surface area contributed by atoms with E-state index in [2.05, 4.69) is 22.0 Å². The van der Waals surface area contributed by atoms with Crippen LogP contribution in [-0.2, 0) is 17.9 Å². The molecule has 6 rings (SSSR count). The van der Waals surface area contributed by atoms with Gasteiger partial charge in [0.05, 0.1) is 4.92 Å². The molecule has 8 nitrogen and oxygen atoms in total. The summed E-state index contributed by atoms with van der Waals surface area (Å²) in [7, 11) is 0. The molecule has 1 unspecified atom stereocenters. The Morgan fingerprint density at radius 2 is 1.65 bits per heavy atom. The van der Waals surface area contributed by atoms with Gasteiger partial charge in [0.1, 0.15) is 0 Å². The highest BCUT2D eigenvalue weighted by molar-refractivity contribution is 5.88. The highest BCUT2D eigenvalue weighted by Gasteiger charge is 2.24. The molecule has 0 aliphatic carbocycles. The van der Waals surface area contributed by atoms with Gasteiger partial charge in [0.25, 0.3) is 5.69 Å². The topological polar surface area (TPSA) is 95.6 Å². The second-order valence-electron chi connectivity index (χ2n) is 9.79. The van der Waals surface area contributed by atoms with Gasteiger partial charge in [-0.2, -0.15) is 0 Å². The zero-order chi connectivity index (χ0) is 27.5. The summed E-state index contributed by atoms with van der Waals surface area (Å²) in [6.45, 7) is 1.14. The highest BCUT2D eigenvalue weighted by Crippen LogP contribution is 2.37. The Morgan fingerprint density at radius 3 is 2.42 bits per heavy atom. The minimum absolute atomic E-state index is 0.0188. The van der Waals surface area contributed by atoms with Crippen LogP contribution in [0.2, 0.25) is 0 Å². The van der Waals surface area contributed by atoms with Crippen LogP contribution in [0.25, 0.3) is 10.9 Å². The number of nitrogens with zero attached hydrogens (tertiary/aromatic N) is 2. The lowest BCUT2D eigenvalue weighted by atomic mass is 9.88. The van der Waals surface area contributed by atoms with Crippen molar-refractivity contribution in [1.82, 2.24) is 9.88 Å². The Labute approximate surface area is 230 Å². The molecule has 0 saturated heterocycles.